The van der Waals surface area contributed by atoms with Crippen LogP contribution in [0, 0.1) is 6.92 Å². The van der Waals surface area contributed by atoms with Crippen LogP contribution in [0.2, 0.25) is 5.02 Å². The summed E-state index contributed by atoms with van der Waals surface area (Å²) < 4.78 is 3.64. The van der Waals surface area contributed by atoms with Crippen molar-refractivity contribution in [1.82, 2.24) is 19.2 Å². The van der Waals surface area contributed by atoms with Gasteiger partial charge >= 0.3 is 0 Å². The maximum absolute atomic E-state index is 12.9. The fraction of sp³-hybridized carbons (Fsp3) is 0.250. The van der Waals surface area contributed by atoms with Gasteiger partial charge in [-0.3, -0.25) is 13.8 Å². The number of halogens is 1. The first-order chi connectivity index (χ1) is 13.1. The summed E-state index contributed by atoms with van der Waals surface area (Å²) in [6.45, 7) is 4.70. The molecule has 0 atom stereocenters. The van der Waals surface area contributed by atoms with Crippen LogP contribution in [0.4, 0.5) is 0 Å². The third-order valence-corrected chi connectivity index (χ3v) is 5.70. The van der Waals surface area contributed by atoms with Gasteiger partial charge in [0.15, 0.2) is 5.16 Å². The highest BCUT2D eigenvalue weighted by Crippen LogP contribution is 2.26. The third-order valence-electron chi connectivity index (χ3n) is 4.47. The van der Waals surface area contributed by atoms with Crippen molar-refractivity contribution in [2.24, 2.45) is 0 Å². The Balaban J connectivity index is 1.85. The summed E-state index contributed by atoms with van der Waals surface area (Å²) >= 11 is 7.75. The van der Waals surface area contributed by atoms with Crippen LogP contribution in [0.15, 0.2) is 52.4 Å². The monoisotopic (exact) mass is 398 g/mol. The standard InChI is InChI=1S/C20H19ClN4OS/c1-3-10-24-18(26)16-11-15(21)8-9-17(16)25-19(24)22-23-20(25)27-12-14-6-4-13(2)5-7-14/h4-9,11H,3,10,12H2,1-2H3. The molecule has 138 valence electrons. The first-order valence-electron chi connectivity index (χ1n) is 8.84. The van der Waals surface area contributed by atoms with E-state index in [-0.39, 0.29) is 5.56 Å². The van der Waals surface area contributed by atoms with E-state index in [1.165, 1.54) is 11.1 Å². The minimum absolute atomic E-state index is 0.0793. The lowest BCUT2D eigenvalue weighted by atomic mass is 10.2. The predicted octanol–water partition coefficient (Wildman–Crippen LogP) is 4.71. The van der Waals surface area contributed by atoms with Gasteiger partial charge in [-0.25, -0.2) is 0 Å². The number of fused-ring (bicyclic) bond motifs is 3. The van der Waals surface area contributed by atoms with Crippen LogP contribution >= 0.6 is 23.4 Å². The highest BCUT2D eigenvalue weighted by Gasteiger charge is 2.17. The number of benzene rings is 2. The maximum atomic E-state index is 12.9. The van der Waals surface area contributed by atoms with Gasteiger partial charge in [0, 0.05) is 17.3 Å². The molecular formula is C20H19ClN4OS. The Morgan fingerprint density at radius 2 is 1.89 bits per heavy atom. The normalized spacial score (nSPS) is 11.5. The lowest BCUT2D eigenvalue weighted by Crippen LogP contribution is -2.23. The van der Waals surface area contributed by atoms with Crippen molar-refractivity contribution in [3.8, 4) is 0 Å². The first-order valence-corrected chi connectivity index (χ1v) is 10.2. The minimum atomic E-state index is -0.0793. The average molecular weight is 399 g/mol. The van der Waals surface area contributed by atoms with Crippen LogP contribution in [0.1, 0.15) is 24.5 Å². The van der Waals surface area contributed by atoms with Gasteiger partial charge in [0.25, 0.3) is 5.56 Å². The Kier molecular flexibility index (Phi) is 4.93. The topological polar surface area (TPSA) is 52.2 Å². The largest absolute Gasteiger partial charge is 0.276 e. The van der Waals surface area contributed by atoms with Crippen LogP contribution in [0.5, 0.6) is 0 Å². The summed E-state index contributed by atoms with van der Waals surface area (Å²) in [7, 11) is 0. The molecule has 0 amide bonds. The molecule has 0 unspecified atom stereocenters. The molecule has 27 heavy (non-hydrogen) atoms. The molecule has 0 fully saturated rings. The number of aryl methyl sites for hydroxylation is 2. The molecule has 0 aliphatic rings. The van der Waals surface area contributed by atoms with Gasteiger partial charge in [0.05, 0.1) is 10.9 Å². The van der Waals surface area contributed by atoms with E-state index in [2.05, 4.69) is 41.4 Å². The van der Waals surface area contributed by atoms with Gasteiger partial charge in [-0.05, 0) is 37.1 Å². The van der Waals surface area contributed by atoms with Gasteiger partial charge in [-0.15, -0.1) is 10.2 Å². The molecule has 0 bridgehead atoms. The zero-order valence-corrected chi connectivity index (χ0v) is 16.7. The highest BCUT2D eigenvalue weighted by atomic mass is 35.5. The van der Waals surface area contributed by atoms with E-state index in [0.29, 0.717) is 22.7 Å². The second kappa shape index (κ2) is 7.37. The molecule has 0 spiro atoms. The Bertz CT molecular complexity index is 1180. The molecule has 5 nitrogen and oxygen atoms in total. The molecular weight excluding hydrogens is 380 g/mol. The molecule has 0 aliphatic carbocycles. The number of hydrogen-bond donors (Lipinski definition) is 0. The van der Waals surface area contributed by atoms with Crippen molar-refractivity contribution in [3.05, 3.63) is 69.0 Å². The van der Waals surface area contributed by atoms with Crippen molar-refractivity contribution in [3.63, 3.8) is 0 Å². The summed E-state index contributed by atoms with van der Waals surface area (Å²) in [5.74, 6) is 1.35. The molecule has 0 N–H and O–H groups in total. The molecule has 0 aliphatic heterocycles. The Hall–Kier alpha value is -2.31. The van der Waals surface area contributed by atoms with Crippen molar-refractivity contribution in [2.75, 3.05) is 0 Å². The van der Waals surface area contributed by atoms with E-state index in [0.717, 1.165) is 22.8 Å². The lowest BCUT2D eigenvalue weighted by Gasteiger charge is -2.10. The van der Waals surface area contributed by atoms with Crippen molar-refractivity contribution < 1.29 is 0 Å². The van der Waals surface area contributed by atoms with E-state index in [1.54, 1.807) is 28.5 Å². The molecule has 0 saturated carbocycles. The van der Waals surface area contributed by atoms with Crippen LogP contribution in [-0.2, 0) is 12.3 Å². The third kappa shape index (κ3) is 3.35. The Morgan fingerprint density at radius 3 is 2.63 bits per heavy atom. The van der Waals surface area contributed by atoms with Crippen molar-refractivity contribution in [1.29, 1.82) is 0 Å². The van der Waals surface area contributed by atoms with Crippen molar-refractivity contribution in [2.45, 2.75) is 37.7 Å². The fourth-order valence-electron chi connectivity index (χ4n) is 3.11. The summed E-state index contributed by atoms with van der Waals surface area (Å²) in [5, 5.41) is 10.6. The smallest absolute Gasteiger partial charge is 0.262 e. The molecule has 0 radical (unpaired) electrons. The van der Waals surface area contributed by atoms with Crippen LogP contribution in [-0.4, -0.2) is 19.2 Å². The number of aromatic nitrogens is 4. The quantitative estimate of drug-likeness (QED) is 0.457. The lowest BCUT2D eigenvalue weighted by molar-refractivity contribution is 0.662. The summed E-state index contributed by atoms with van der Waals surface area (Å²) in [5.41, 5.74) is 3.16. The highest BCUT2D eigenvalue weighted by molar-refractivity contribution is 7.98. The number of rotatable bonds is 5. The van der Waals surface area contributed by atoms with Gasteiger partial charge < -0.3 is 0 Å². The molecule has 0 saturated heterocycles. The van der Waals surface area contributed by atoms with Gasteiger partial charge in [0.2, 0.25) is 5.78 Å². The molecule has 4 rings (SSSR count). The van der Waals surface area contributed by atoms with E-state index in [4.69, 9.17) is 11.6 Å². The zero-order valence-electron chi connectivity index (χ0n) is 15.1. The van der Waals surface area contributed by atoms with E-state index >= 15 is 0 Å². The molecule has 2 aromatic carbocycles. The number of hydrogen-bond acceptors (Lipinski definition) is 4. The second-order valence-corrected chi connectivity index (χ2v) is 7.89. The SMILES string of the molecule is CCCn1c(=O)c2cc(Cl)ccc2n2c(SCc3ccc(C)cc3)nnc12. The molecule has 2 aromatic heterocycles. The molecule has 2 heterocycles. The van der Waals surface area contributed by atoms with Crippen LogP contribution < -0.4 is 5.56 Å². The summed E-state index contributed by atoms with van der Waals surface area (Å²) in [4.78, 5) is 12.9. The molecule has 4 aromatic rings. The molecule has 7 heteroatoms. The number of nitrogens with zero attached hydrogens (tertiary/aromatic N) is 4. The minimum Gasteiger partial charge on any atom is -0.276 e. The van der Waals surface area contributed by atoms with Crippen LogP contribution in [0.3, 0.4) is 0 Å². The number of thioether (sulfide) groups is 1. The van der Waals surface area contributed by atoms with E-state index in [9.17, 15) is 4.79 Å². The fourth-order valence-corrected chi connectivity index (χ4v) is 4.18. The van der Waals surface area contributed by atoms with Gasteiger partial charge in [-0.2, -0.15) is 0 Å². The van der Waals surface area contributed by atoms with Gasteiger partial charge in [-0.1, -0.05) is 60.1 Å². The van der Waals surface area contributed by atoms with Crippen molar-refractivity contribution >= 4 is 40.0 Å². The maximum Gasteiger partial charge on any atom is 0.262 e. The first kappa shape index (κ1) is 18.1. The Morgan fingerprint density at radius 1 is 1.11 bits per heavy atom. The zero-order chi connectivity index (χ0) is 19.0. The average Bonchev–Trinajstić information content (AvgIpc) is 3.08. The van der Waals surface area contributed by atoms with Crippen LogP contribution in [0.25, 0.3) is 16.7 Å². The van der Waals surface area contributed by atoms with E-state index in [1.807, 2.05) is 17.4 Å². The summed E-state index contributed by atoms with van der Waals surface area (Å²) in [6.07, 6.45) is 0.834. The van der Waals surface area contributed by atoms with E-state index < -0.39 is 0 Å². The summed E-state index contributed by atoms with van der Waals surface area (Å²) in [6, 6.07) is 13.8. The van der Waals surface area contributed by atoms with Gasteiger partial charge in [0.1, 0.15) is 0 Å². The Labute approximate surface area is 166 Å². The second-order valence-electron chi connectivity index (χ2n) is 6.51. The predicted molar refractivity (Wildman–Crippen MR) is 111 cm³/mol.